The molecule has 0 N–H and O–H groups in total. The molecule has 0 radical (unpaired) electrons. The van der Waals surface area contributed by atoms with Gasteiger partial charge in [-0.25, -0.2) is 8.42 Å². The molecule has 35 heavy (non-hydrogen) atoms. The Morgan fingerprint density at radius 1 is 0.914 bits per heavy atom. The first-order chi connectivity index (χ1) is 16.8. The highest BCUT2D eigenvalue weighted by molar-refractivity contribution is 7.93. The van der Waals surface area contributed by atoms with Crippen LogP contribution in [0.25, 0.3) is 21.9 Å². The van der Waals surface area contributed by atoms with Crippen molar-refractivity contribution in [2.24, 2.45) is 0 Å². The number of benzene rings is 3. The number of ketones is 1. The largest absolute Gasteiger partial charge is 0.461 e. The third-order valence-corrected chi connectivity index (χ3v) is 7.50. The Kier molecular flexibility index (Phi) is 5.45. The van der Waals surface area contributed by atoms with Crippen LogP contribution in [0.1, 0.15) is 33.4 Å². The zero-order chi connectivity index (χ0) is 24.7. The molecule has 0 aliphatic carbocycles. The Balaban J connectivity index is 1.78. The number of Topliss-reactive ketones (excluding diaryl/α,β-unsaturated/α-hetero) is 1. The summed E-state index contributed by atoms with van der Waals surface area (Å²) in [5, 5.41) is 1.06. The van der Waals surface area contributed by atoms with Crippen LogP contribution < -0.4 is 4.31 Å². The highest BCUT2D eigenvalue weighted by Crippen LogP contribution is 2.34. The van der Waals surface area contributed by atoms with Crippen LogP contribution in [0.2, 0.25) is 0 Å². The van der Waals surface area contributed by atoms with E-state index in [4.69, 9.17) is 4.42 Å². The molecule has 0 atom stereocenters. The van der Waals surface area contributed by atoms with Gasteiger partial charge in [-0.1, -0.05) is 36.4 Å². The predicted octanol–water partition coefficient (Wildman–Crippen LogP) is 5.53. The average molecular weight is 485 g/mol. The summed E-state index contributed by atoms with van der Waals surface area (Å²) in [4.78, 5) is 30.1. The van der Waals surface area contributed by atoms with Gasteiger partial charge in [0.2, 0.25) is 0 Å². The van der Waals surface area contributed by atoms with Gasteiger partial charge in [-0.05, 0) is 56.3 Å². The zero-order valence-electron chi connectivity index (χ0n) is 18.9. The quantitative estimate of drug-likeness (QED) is 0.304. The molecule has 5 aromatic rings. The number of nitrogens with zero attached hydrogens (tertiary/aromatic N) is 2. The predicted molar refractivity (Wildman–Crippen MR) is 133 cm³/mol. The molecule has 3 aromatic carbocycles. The smallest absolute Gasteiger partial charge is 0.273 e. The van der Waals surface area contributed by atoms with Gasteiger partial charge in [0.05, 0.1) is 16.8 Å². The van der Waals surface area contributed by atoms with Gasteiger partial charge < -0.3 is 4.42 Å². The summed E-state index contributed by atoms with van der Waals surface area (Å²) < 4.78 is 34.6. The van der Waals surface area contributed by atoms with E-state index < -0.39 is 15.9 Å². The van der Waals surface area contributed by atoms with Gasteiger partial charge >= 0.3 is 0 Å². The number of anilines is 1. The molecular formula is C27H20N2O5S. The summed E-state index contributed by atoms with van der Waals surface area (Å²) in [6.07, 6.45) is 1.50. The third kappa shape index (κ3) is 3.77. The lowest BCUT2D eigenvalue weighted by Gasteiger charge is -2.23. The van der Waals surface area contributed by atoms with Crippen LogP contribution in [0, 0.1) is 6.92 Å². The van der Waals surface area contributed by atoms with Crippen LogP contribution in [0.15, 0.2) is 94.4 Å². The summed E-state index contributed by atoms with van der Waals surface area (Å²) in [7, 11) is -4.42. The molecule has 0 spiro atoms. The van der Waals surface area contributed by atoms with Gasteiger partial charge in [0, 0.05) is 22.5 Å². The highest BCUT2D eigenvalue weighted by Gasteiger charge is 2.34. The molecule has 2 aromatic heterocycles. The number of sulfonamides is 1. The second-order valence-corrected chi connectivity index (χ2v) is 9.80. The van der Waals surface area contributed by atoms with E-state index in [1.165, 1.54) is 31.3 Å². The number of carbonyl (C=O) groups excluding carboxylic acids is 2. The molecule has 8 heteroatoms. The van der Waals surface area contributed by atoms with Crippen molar-refractivity contribution in [2.45, 2.75) is 18.7 Å². The lowest BCUT2D eigenvalue weighted by Crippen LogP contribution is -2.37. The monoisotopic (exact) mass is 484 g/mol. The number of amides is 1. The van der Waals surface area contributed by atoms with E-state index in [9.17, 15) is 18.0 Å². The number of furan rings is 1. The molecule has 0 saturated carbocycles. The Labute approximate surface area is 201 Å². The number of aryl methyl sites for hydroxylation is 1. The molecule has 0 unspecified atom stereocenters. The maximum Gasteiger partial charge on any atom is 0.273 e. The first kappa shape index (κ1) is 22.5. The van der Waals surface area contributed by atoms with Crippen LogP contribution >= 0.6 is 0 Å². The van der Waals surface area contributed by atoms with Gasteiger partial charge in [0.15, 0.2) is 5.78 Å². The molecule has 0 fully saturated rings. The van der Waals surface area contributed by atoms with Crippen molar-refractivity contribution in [1.29, 1.82) is 0 Å². The second-order valence-electron chi connectivity index (χ2n) is 8.04. The van der Waals surface area contributed by atoms with Gasteiger partial charge in [0.25, 0.3) is 15.9 Å². The minimum absolute atomic E-state index is 0.0857. The number of aromatic nitrogens is 1. The number of pyridine rings is 1. The highest BCUT2D eigenvalue weighted by atomic mass is 32.2. The van der Waals surface area contributed by atoms with Gasteiger partial charge in [-0.15, -0.1) is 0 Å². The van der Waals surface area contributed by atoms with Crippen molar-refractivity contribution in [3.05, 3.63) is 102 Å². The molecule has 1 amide bonds. The van der Waals surface area contributed by atoms with Gasteiger partial charge in [-0.2, -0.15) is 4.31 Å². The van der Waals surface area contributed by atoms with E-state index >= 15 is 0 Å². The summed E-state index contributed by atoms with van der Waals surface area (Å²) >= 11 is 0. The normalized spacial score (nSPS) is 11.6. The topological polar surface area (TPSA) is 97.5 Å². The number of fused-ring (bicyclic) bond motifs is 2. The van der Waals surface area contributed by atoms with E-state index in [0.717, 1.165) is 4.31 Å². The molecule has 0 saturated heterocycles. The maximum atomic E-state index is 14.1. The fraction of sp³-hybridized carbons (Fsp3) is 0.0741. The fourth-order valence-electron chi connectivity index (χ4n) is 4.22. The second kappa shape index (κ2) is 8.48. The Morgan fingerprint density at radius 2 is 1.66 bits per heavy atom. The summed E-state index contributed by atoms with van der Waals surface area (Å²) in [5.74, 6) is -0.533. The lowest BCUT2D eigenvalue weighted by atomic mass is 10.1. The van der Waals surface area contributed by atoms with Crippen molar-refractivity contribution in [3.8, 4) is 0 Å². The lowest BCUT2D eigenvalue weighted by molar-refractivity contribution is 0.1000. The van der Waals surface area contributed by atoms with E-state index in [0.29, 0.717) is 27.7 Å². The van der Waals surface area contributed by atoms with Crippen LogP contribution in [0.5, 0.6) is 0 Å². The van der Waals surface area contributed by atoms with Crippen LogP contribution in [-0.2, 0) is 10.0 Å². The molecule has 7 nitrogen and oxygen atoms in total. The molecule has 174 valence electrons. The number of para-hydroxylation sites is 1. The SMILES string of the molecule is CC(=O)c1c(C)oc2ccc(N(C(=O)c3ccccc3)S(=O)(=O)c3cccc4cccnc34)cc12. The molecule has 2 heterocycles. The van der Waals surface area contributed by atoms with Crippen molar-refractivity contribution >= 4 is 49.3 Å². The molecule has 0 bridgehead atoms. The Morgan fingerprint density at radius 3 is 2.40 bits per heavy atom. The molecule has 0 aliphatic rings. The van der Waals surface area contributed by atoms with Gasteiger partial charge in [0.1, 0.15) is 16.2 Å². The van der Waals surface area contributed by atoms with Crippen LogP contribution in [-0.4, -0.2) is 25.1 Å². The fourth-order valence-corrected chi connectivity index (χ4v) is 5.79. The number of rotatable bonds is 5. The van der Waals surface area contributed by atoms with E-state index in [-0.39, 0.29) is 27.4 Å². The minimum Gasteiger partial charge on any atom is -0.461 e. The third-order valence-electron chi connectivity index (χ3n) is 5.75. The average Bonchev–Trinajstić information content (AvgIpc) is 3.19. The summed E-state index contributed by atoms with van der Waals surface area (Å²) in [6, 6.07) is 21.0. The van der Waals surface area contributed by atoms with Crippen molar-refractivity contribution < 1.29 is 22.4 Å². The number of hydrogen-bond donors (Lipinski definition) is 0. The van der Waals surface area contributed by atoms with Crippen molar-refractivity contribution in [3.63, 3.8) is 0 Å². The van der Waals surface area contributed by atoms with E-state index in [1.807, 2.05) is 0 Å². The van der Waals surface area contributed by atoms with E-state index in [1.54, 1.807) is 67.6 Å². The van der Waals surface area contributed by atoms with Crippen LogP contribution in [0.3, 0.4) is 0 Å². The first-order valence-electron chi connectivity index (χ1n) is 10.8. The summed E-state index contributed by atoms with van der Waals surface area (Å²) in [5.41, 5.74) is 1.30. The zero-order valence-corrected chi connectivity index (χ0v) is 19.7. The maximum absolute atomic E-state index is 14.1. The van der Waals surface area contributed by atoms with Gasteiger partial charge in [-0.3, -0.25) is 14.6 Å². The summed E-state index contributed by atoms with van der Waals surface area (Å²) in [6.45, 7) is 3.08. The Hall–Kier alpha value is -4.30. The standard InChI is InChI=1S/C27H20N2O5S/c1-17(30)25-18(2)34-23-14-13-21(16-22(23)25)29(27(31)20-8-4-3-5-9-20)35(32,33)24-12-6-10-19-11-7-15-28-26(19)24/h3-16H,1-2H3. The van der Waals surface area contributed by atoms with E-state index in [2.05, 4.69) is 4.98 Å². The molecular weight excluding hydrogens is 464 g/mol. The Bertz CT molecular complexity index is 1720. The first-order valence-corrected chi connectivity index (χ1v) is 12.3. The minimum atomic E-state index is -4.42. The molecule has 0 aliphatic heterocycles. The number of hydrogen-bond acceptors (Lipinski definition) is 6. The van der Waals surface area contributed by atoms with Crippen molar-refractivity contribution in [2.75, 3.05) is 4.31 Å². The molecule has 5 rings (SSSR count). The van der Waals surface area contributed by atoms with Crippen molar-refractivity contribution in [1.82, 2.24) is 4.98 Å². The number of carbonyl (C=O) groups is 2. The van der Waals surface area contributed by atoms with Crippen LogP contribution in [0.4, 0.5) is 5.69 Å².